The maximum atomic E-state index is 3.58. The second kappa shape index (κ2) is 3.83. The molecule has 0 aromatic heterocycles. The fourth-order valence-corrected chi connectivity index (χ4v) is 0.611. The van der Waals surface area contributed by atoms with Crippen LogP contribution < -0.4 is 0 Å². The maximum Gasteiger partial charge on any atom is 0.0802 e. The van der Waals surface area contributed by atoms with Crippen molar-refractivity contribution in [3.05, 3.63) is 0 Å². The highest BCUT2D eigenvalue weighted by molar-refractivity contribution is 9.09. The summed E-state index contributed by atoms with van der Waals surface area (Å²) in [5.74, 6) is 6.46. The lowest BCUT2D eigenvalue weighted by molar-refractivity contribution is 0.443. The molecule has 0 radical (unpaired) electrons. The Bertz CT molecular complexity index is 192. The van der Waals surface area contributed by atoms with Crippen molar-refractivity contribution < 1.29 is 0 Å². The van der Waals surface area contributed by atoms with E-state index in [0.29, 0.717) is 0 Å². The van der Waals surface area contributed by atoms with Crippen LogP contribution in [-0.4, -0.2) is 4.83 Å². The molecule has 0 heterocycles. The minimum absolute atomic E-state index is 0.108. The van der Waals surface area contributed by atoms with E-state index in [-0.39, 0.29) is 15.7 Å². The lowest BCUT2D eigenvalue weighted by Crippen LogP contribution is -2.18. The zero-order valence-electron chi connectivity index (χ0n) is 8.96. The van der Waals surface area contributed by atoms with Gasteiger partial charge in [0.25, 0.3) is 0 Å². The second-order valence-electron chi connectivity index (χ2n) is 5.25. The van der Waals surface area contributed by atoms with Crippen molar-refractivity contribution >= 4 is 15.9 Å². The van der Waals surface area contributed by atoms with Gasteiger partial charge >= 0.3 is 0 Å². The first-order valence-electron chi connectivity index (χ1n) is 4.30. The highest BCUT2D eigenvalue weighted by atomic mass is 79.9. The average molecular weight is 231 g/mol. The molecule has 0 amide bonds. The molecular formula is C11H19Br. The largest absolute Gasteiger partial charge is 0.0962 e. The molecule has 0 fully saturated rings. The second-order valence-corrected chi connectivity index (χ2v) is 6.16. The molecule has 0 spiro atoms. The molecule has 0 bridgehead atoms. The van der Waals surface area contributed by atoms with E-state index < -0.39 is 0 Å². The number of halogens is 1. The molecule has 0 N–H and O–H groups in total. The van der Waals surface area contributed by atoms with Gasteiger partial charge in [-0.15, -0.1) is 0 Å². The third-order valence-corrected chi connectivity index (χ3v) is 2.94. The predicted octanol–water partition coefficient (Wildman–Crippen LogP) is 3.85. The first kappa shape index (κ1) is 12.0. The third-order valence-electron chi connectivity index (χ3n) is 1.33. The van der Waals surface area contributed by atoms with Gasteiger partial charge in [0.2, 0.25) is 0 Å². The van der Waals surface area contributed by atoms with Gasteiger partial charge in [-0.3, -0.25) is 0 Å². The van der Waals surface area contributed by atoms with Gasteiger partial charge in [0.1, 0.15) is 0 Å². The molecule has 0 saturated heterocycles. The average Bonchev–Trinajstić information content (AvgIpc) is 1.78. The van der Waals surface area contributed by atoms with Gasteiger partial charge in [0, 0.05) is 5.41 Å². The van der Waals surface area contributed by atoms with E-state index >= 15 is 0 Å². The first-order valence-corrected chi connectivity index (χ1v) is 5.21. The van der Waals surface area contributed by atoms with Gasteiger partial charge in [-0.25, -0.2) is 0 Å². The summed E-state index contributed by atoms with van der Waals surface area (Å²) >= 11 is 3.58. The summed E-state index contributed by atoms with van der Waals surface area (Å²) in [5, 5.41) is 0. The van der Waals surface area contributed by atoms with Crippen LogP contribution in [-0.2, 0) is 0 Å². The summed E-state index contributed by atoms with van der Waals surface area (Å²) in [6.45, 7) is 12.9. The van der Waals surface area contributed by atoms with Crippen LogP contribution in [0.5, 0.6) is 0 Å². The number of hydrogen-bond donors (Lipinski definition) is 0. The van der Waals surface area contributed by atoms with Gasteiger partial charge in [0.05, 0.1) is 4.83 Å². The first-order chi connectivity index (χ1) is 5.13. The van der Waals surface area contributed by atoms with E-state index in [9.17, 15) is 0 Å². The lowest BCUT2D eigenvalue weighted by atomic mass is 9.91. The van der Waals surface area contributed by atoms with E-state index in [1.807, 2.05) is 0 Å². The van der Waals surface area contributed by atoms with Crippen molar-refractivity contribution in [1.82, 2.24) is 0 Å². The van der Waals surface area contributed by atoms with Crippen molar-refractivity contribution in [2.24, 2.45) is 10.8 Å². The van der Waals surface area contributed by atoms with Gasteiger partial charge in [0.15, 0.2) is 0 Å². The monoisotopic (exact) mass is 230 g/mol. The van der Waals surface area contributed by atoms with Gasteiger partial charge in [-0.1, -0.05) is 48.5 Å². The molecule has 0 aliphatic carbocycles. The van der Waals surface area contributed by atoms with E-state index in [2.05, 4.69) is 69.3 Å². The van der Waals surface area contributed by atoms with Crippen molar-refractivity contribution in [3.8, 4) is 11.8 Å². The Labute approximate surface area is 85.3 Å². The Balaban J connectivity index is 4.34. The molecule has 1 heteroatoms. The minimum Gasteiger partial charge on any atom is -0.0962 e. The summed E-state index contributed by atoms with van der Waals surface area (Å²) in [6, 6.07) is 0. The molecule has 12 heavy (non-hydrogen) atoms. The lowest BCUT2D eigenvalue weighted by Gasteiger charge is -2.21. The topological polar surface area (TPSA) is 0 Å². The predicted molar refractivity (Wildman–Crippen MR) is 59.4 cm³/mol. The van der Waals surface area contributed by atoms with Crippen LogP contribution in [0.1, 0.15) is 41.5 Å². The van der Waals surface area contributed by atoms with Crippen LogP contribution in [0.15, 0.2) is 0 Å². The molecular weight excluding hydrogens is 212 g/mol. The molecule has 0 aromatic carbocycles. The zero-order valence-corrected chi connectivity index (χ0v) is 10.5. The maximum absolute atomic E-state index is 3.58. The quantitative estimate of drug-likeness (QED) is 0.439. The number of hydrogen-bond acceptors (Lipinski definition) is 0. The van der Waals surface area contributed by atoms with Crippen LogP contribution in [0.3, 0.4) is 0 Å². The van der Waals surface area contributed by atoms with Gasteiger partial charge in [-0.2, -0.15) is 0 Å². The summed E-state index contributed by atoms with van der Waals surface area (Å²) in [7, 11) is 0. The third kappa shape index (κ3) is 5.66. The molecule has 0 aliphatic rings. The van der Waals surface area contributed by atoms with Crippen molar-refractivity contribution in [2.45, 2.75) is 46.4 Å². The highest BCUT2D eigenvalue weighted by Crippen LogP contribution is 2.25. The Morgan fingerprint density at radius 3 is 1.67 bits per heavy atom. The van der Waals surface area contributed by atoms with Crippen LogP contribution in [0.2, 0.25) is 0 Å². The minimum atomic E-state index is 0.108. The van der Waals surface area contributed by atoms with Gasteiger partial charge < -0.3 is 0 Å². The molecule has 70 valence electrons. The number of alkyl halides is 1. The smallest absolute Gasteiger partial charge is 0.0802 e. The molecule has 0 saturated carbocycles. The summed E-state index contributed by atoms with van der Waals surface area (Å²) < 4.78 is 0. The van der Waals surface area contributed by atoms with Gasteiger partial charge in [-0.05, 0) is 26.2 Å². The molecule has 0 nitrogen and oxygen atoms in total. The zero-order chi connectivity index (χ0) is 9.99. The molecule has 1 atom stereocenters. The van der Waals surface area contributed by atoms with Crippen molar-refractivity contribution in [3.63, 3.8) is 0 Å². The molecule has 1 unspecified atom stereocenters. The van der Waals surface area contributed by atoms with E-state index in [0.717, 1.165) is 0 Å². The number of rotatable bonds is 0. The van der Waals surface area contributed by atoms with E-state index in [1.165, 1.54) is 0 Å². The molecule has 0 rings (SSSR count). The SMILES string of the molecule is CC(C)(C)C#CC(Br)C(C)(C)C. The summed E-state index contributed by atoms with van der Waals surface area (Å²) in [5.41, 5.74) is 0.329. The van der Waals surface area contributed by atoms with E-state index in [4.69, 9.17) is 0 Å². The summed E-state index contributed by atoms with van der Waals surface area (Å²) in [4.78, 5) is 0.282. The fourth-order valence-electron chi connectivity index (χ4n) is 0.496. The summed E-state index contributed by atoms with van der Waals surface area (Å²) in [6.07, 6.45) is 0. The Morgan fingerprint density at radius 2 is 1.42 bits per heavy atom. The highest BCUT2D eigenvalue weighted by Gasteiger charge is 2.19. The van der Waals surface area contributed by atoms with Crippen molar-refractivity contribution in [2.75, 3.05) is 0 Å². The molecule has 0 aromatic rings. The Morgan fingerprint density at radius 1 is 1.00 bits per heavy atom. The Hall–Kier alpha value is 0.0400. The van der Waals surface area contributed by atoms with Crippen LogP contribution >= 0.6 is 15.9 Å². The Kier molecular flexibility index (Phi) is 3.85. The van der Waals surface area contributed by atoms with Crippen LogP contribution in [0, 0.1) is 22.7 Å². The van der Waals surface area contributed by atoms with Crippen LogP contribution in [0.4, 0.5) is 0 Å². The van der Waals surface area contributed by atoms with E-state index in [1.54, 1.807) is 0 Å². The van der Waals surface area contributed by atoms with Crippen molar-refractivity contribution in [1.29, 1.82) is 0 Å². The fraction of sp³-hybridized carbons (Fsp3) is 0.818. The standard InChI is InChI=1S/C11H19Br/c1-10(2,3)8-7-9(12)11(4,5)6/h9H,1-6H3. The van der Waals surface area contributed by atoms with Crippen LogP contribution in [0.25, 0.3) is 0 Å². The normalized spacial score (nSPS) is 14.9. The molecule has 0 aliphatic heterocycles.